The molecule has 1 aromatic heterocycles. The molecular formula is C23H34N6O. The molecule has 0 aliphatic heterocycles. The van der Waals surface area contributed by atoms with Crippen molar-refractivity contribution in [3.8, 4) is 11.3 Å². The average molecular weight is 411 g/mol. The molecule has 30 heavy (non-hydrogen) atoms. The van der Waals surface area contributed by atoms with Crippen molar-refractivity contribution in [3.05, 3.63) is 42.4 Å². The molecule has 1 heterocycles. The summed E-state index contributed by atoms with van der Waals surface area (Å²) in [6.45, 7) is 3.95. The highest BCUT2D eigenvalue weighted by molar-refractivity contribution is 5.84. The minimum Gasteiger partial charge on any atom is -0.357 e. The van der Waals surface area contributed by atoms with Crippen LogP contribution in [0.15, 0.2) is 41.5 Å². The van der Waals surface area contributed by atoms with Crippen LogP contribution >= 0.6 is 0 Å². The second-order valence-electron chi connectivity index (χ2n) is 8.32. The normalized spacial score (nSPS) is 15.8. The Bertz CT molecular complexity index is 852. The Balaban J connectivity index is 1.72. The predicted octanol–water partition coefficient (Wildman–Crippen LogP) is 3.12. The number of rotatable bonds is 7. The van der Waals surface area contributed by atoms with E-state index >= 15 is 0 Å². The monoisotopic (exact) mass is 410 g/mol. The van der Waals surface area contributed by atoms with Crippen molar-refractivity contribution in [2.24, 2.45) is 10.4 Å². The molecule has 1 saturated carbocycles. The van der Waals surface area contributed by atoms with Crippen LogP contribution in [0.25, 0.3) is 11.3 Å². The highest BCUT2D eigenvalue weighted by Crippen LogP contribution is 2.39. The smallest absolute Gasteiger partial charge is 0.230 e. The molecule has 0 atom stereocenters. The number of amides is 1. The quantitative estimate of drug-likeness (QED) is 0.543. The molecule has 1 fully saturated rings. The van der Waals surface area contributed by atoms with E-state index in [4.69, 9.17) is 4.99 Å². The molecule has 1 amide bonds. The fourth-order valence-corrected chi connectivity index (χ4v) is 4.17. The minimum absolute atomic E-state index is 0.195. The van der Waals surface area contributed by atoms with Crippen molar-refractivity contribution in [1.29, 1.82) is 0 Å². The Labute approximate surface area is 179 Å². The molecule has 1 aliphatic carbocycles. The van der Waals surface area contributed by atoms with Crippen LogP contribution in [0, 0.1) is 5.41 Å². The number of nitrogens with one attached hydrogen (secondary N) is 2. The number of benzene rings is 1. The van der Waals surface area contributed by atoms with Crippen LogP contribution in [0.2, 0.25) is 0 Å². The number of aliphatic imine (C=N–C) groups is 1. The van der Waals surface area contributed by atoms with E-state index in [1.807, 2.05) is 45.5 Å². The van der Waals surface area contributed by atoms with E-state index in [-0.39, 0.29) is 11.3 Å². The first-order chi connectivity index (χ1) is 14.4. The molecule has 2 aromatic rings. The number of aromatic amines is 1. The third kappa shape index (κ3) is 5.01. The lowest BCUT2D eigenvalue weighted by Crippen LogP contribution is -2.43. The Kier molecular flexibility index (Phi) is 7.13. The van der Waals surface area contributed by atoms with Crippen LogP contribution in [0.4, 0.5) is 0 Å². The molecule has 3 rings (SSSR count). The first-order valence-electron chi connectivity index (χ1n) is 10.8. The summed E-state index contributed by atoms with van der Waals surface area (Å²) in [5, 5.41) is 3.36. The second-order valence-corrected chi connectivity index (χ2v) is 8.32. The van der Waals surface area contributed by atoms with E-state index in [1.165, 1.54) is 0 Å². The van der Waals surface area contributed by atoms with Crippen molar-refractivity contribution < 1.29 is 4.79 Å². The van der Waals surface area contributed by atoms with Gasteiger partial charge in [-0.2, -0.15) is 0 Å². The summed E-state index contributed by atoms with van der Waals surface area (Å²) < 4.78 is 0. The number of guanidine groups is 1. The van der Waals surface area contributed by atoms with Crippen LogP contribution in [0.1, 0.15) is 38.4 Å². The number of hydrogen-bond donors (Lipinski definition) is 2. The highest BCUT2D eigenvalue weighted by atomic mass is 16.2. The van der Waals surface area contributed by atoms with Gasteiger partial charge < -0.3 is 20.1 Å². The summed E-state index contributed by atoms with van der Waals surface area (Å²) >= 11 is 0. The Morgan fingerprint density at radius 1 is 1.20 bits per heavy atom. The standard InChI is InChI=1S/C23H34N6O/c1-5-24-22(26-17-23(13-9-10-14-23)21(30)28(2)3)29(4)16-20-25-15-19(27-20)18-11-7-6-8-12-18/h6-8,11-12,15H,5,9-10,13-14,16-17H2,1-4H3,(H,24,26)(H,25,27). The molecular weight excluding hydrogens is 376 g/mol. The van der Waals surface area contributed by atoms with Gasteiger partial charge in [-0.05, 0) is 25.3 Å². The average Bonchev–Trinajstić information content (AvgIpc) is 3.41. The van der Waals surface area contributed by atoms with Crippen LogP contribution in [0.5, 0.6) is 0 Å². The van der Waals surface area contributed by atoms with Gasteiger partial charge in [0.15, 0.2) is 5.96 Å². The van der Waals surface area contributed by atoms with Gasteiger partial charge in [-0.1, -0.05) is 43.2 Å². The van der Waals surface area contributed by atoms with Crippen LogP contribution in [0.3, 0.4) is 0 Å². The van der Waals surface area contributed by atoms with Gasteiger partial charge in [-0.3, -0.25) is 9.79 Å². The van der Waals surface area contributed by atoms with E-state index in [0.29, 0.717) is 13.1 Å². The Morgan fingerprint density at radius 3 is 2.53 bits per heavy atom. The lowest BCUT2D eigenvalue weighted by atomic mass is 9.85. The molecule has 0 saturated heterocycles. The maximum absolute atomic E-state index is 12.8. The van der Waals surface area contributed by atoms with Gasteiger partial charge >= 0.3 is 0 Å². The molecule has 7 heteroatoms. The molecule has 7 nitrogen and oxygen atoms in total. The largest absolute Gasteiger partial charge is 0.357 e. The first-order valence-corrected chi connectivity index (χ1v) is 10.8. The third-order valence-corrected chi connectivity index (χ3v) is 5.75. The lowest BCUT2D eigenvalue weighted by molar-refractivity contribution is -0.138. The van der Waals surface area contributed by atoms with Gasteiger partial charge in [0.1, 0.15) is 5.82 Å². The van der Waals surface area contributed by atoms with Crippen LogP contribution < -0.4 is 5.32 Å². The molecule has 0 radical (unpaired) electrons. The summed E-state index contributed by atoms with van der Waals surface area (Å²) in [7, 11) is 5.68. The molecule has 0 unspecified atom stereocenters. The van der Waals surface area contributed by atoms with Crippen molar-refractivity contribution in [2.45, 2.75) is 39.2 Å². The molecule has 0 spiro atoms. The van der Waals surface area contributed by atoms with Gasteiger partial charge in [0.2, 0.25) is 5.91 Å². The zero-order chi connectivity index (χ0) is 21.6. The Hall–Kier alpha value is -2.83. The molecule has 1 aliphatic rings. The summed E-state index contributed by atoms with van der Waals surface area (Å²) in [4.78, 5) is 29.4. The number of imidazole rings is 1. The topological polar surface area (TPSA) is 76.6 Å². The highest BCUT2D eigenvalue weighted by Gasteiger charge is 2.42. The van der Waals surface area contributed by atoms with Gasteiger partial charge in [-0.25, -0.2) is 4.98 Å². The number of carbonyl (C=O) groups is 1. The fourth-order valence-electron chi connectivity index (χ4n) is 4.17. The van der Waals surface area contributed by atoms with Crippen molar-refractivity contribution in [1.82, 2.24) is 25.1 Å². The van der Waals surface area contributed by atoms with Crippen LogP contribution in [-0.4, -0.2) is 65.9 Å². The molecule has 2 N–H and O–H groups in total. The molecule has 162 valence electrons. The number of hydrogen-bond acceptors (Lipinski definition) is 3. The lowest BCUT2D eigenvalue weighted by Gasteiger charge is -2.30. The van der Waals surface area contributed by atoms with Crippen molar-refractivity contribution in [3.63, 3.8) is 0 Å². The number of nitrogens with zero attached hydrogens (tertiary/aromatic N) is 4. The summed E-state index contributed by atoms with van der Waals surface area (Å²) in [6, 6.07) is 10.2. The van der Waals surface area contributed by atoms with Crippen molar-refractivity contribution in [2.75, 3.05) is 34.2 Å². The van der Waals surface area contributed by atoms with Crippen LogP contribution in [-0.2, 0) is 11.3 Å². The second kappa shape index (κ2) is 9.78. The maximum Gasteiger partial charge on any atom is 0.230 e. The number of aromatic nitrogens is 2. The third-order valence-electron chi connectivity index (χ3n) is 5.75. The maximum atomic E-state index is 12.8. The first kappa shape index (κ1) is 21.9. The minimum atomic E-state index is -0.365. The predicted molar refractivity (Wildman–Crippen MR) is 121 cm³/mol. The van der Waals surface area contributed by atoms with E-state index in [0.717, 1.165) is 55.3 Å². The van der Waals surface area contributed by atoms with Gasteiger partial charge in [0.25, 0.3) is 0 Å². The molecule has 1 aromatic carbocycles. The summed E-state index contributed by atoms with van der Waals surface area (Å²) in [5.41, 5.74) is 1.75. The zero-order valence-corrected chi connectivity index (χ0v) is 18.6. The zero-order valence-electron chi connectivity index (χ0n) is 18.6. The summed E-state index contributed by atoms with van der Waals surface area (Å²) in [6.07, 6.45) is 5.88. The Morgan fingerprint density at radius 2 is 1.90 bits per heavy atom. The fraction of sp³-hybridized carbons (Fsp3) is 0.522. The van der Waals surface area contributed by atoms with Gasteiger partial charge in [0.05, 0.1) is 30.4 Å². The van der Waals surface area contributed by atoms with E-state index < -0.39 is 0 Å². The van der Waals surface area contributed by atoms with E-state index in [9.17, 15) is 4.79 Å². The molecule has 0 bridgehead atoms. The van der Waals surface area contributed by atoms with Crippen molar-refractivity contribution >= 4 is 11.9 Å². The number of carbonyl (C=O) groups excluding carboxylic acids is 1. The van der Waals surface area contributed by atoms with E-state index in [1.54, 1.807) is 4.90 Å². The van der Waals surface area contributed by atoms with Gasteiger partial charge in [0, 0.05) is 27.7 Å². The summed E-state index contributed by atoms with van der Waals surface area (Å²) in [5.74, 6) is 1.87. The van der Waals surface area contributed by atoms with Gasteiger partial charge in [-0.15, -0.1) is 0 Å². The van der Waals surface area contributed by atoms with E-state index in [2.05, 4.69) is 39.2 Å². The number of H-pyrrole nitrogens is 1. The SMILES string of the molecule is CCNC(=NCC1(C(=O)N(C)C)CCCC1)N(C)Cc1ncc(-c2ccccc2)[nH]1.